The molecule has 0 fully saturated rings. The van der Waals surface area contributed by atoms with Crippen LogP contribution in [0.5, 0.6) is 0 Å². The zero-order valence-corrected chi connectivity index (χ0v) is 9.25. The summed E-state index contributed by atoms with van der Waals surface area (Å²) in [7, 11) is 0. The lowest BCUT2D eigenvalue weighted by Gasteiger charge is -2.05. The molecule has 9 heteroatoms. The van der Waals surface area contributed by atoms with Gasteiger partial charge in [0.2, 0.25) is 0 Å². The molecule has 17 heavy (non-hydrogen) atoms. The average molecular weight is 263 g/mol. The molecule has 0 saturated heterocycles. The van der Waals surface area contributed by atoms with Gasteiger partial charge in [-0.1, -0.05) is 12.6 Å². The number of aliphatic hydroxyl groups excluding tert-OH is 1. The molecule has 0 saturated carbocycles. The lowest BCUT2D eigenvalue weighted by Crippen LogP contribution is -2.10. The Hall–Kier alpha value is -1.48. The van der Waals surface area contributed by atoms with Gasteiger partial charge in [-0.3, -0.25) is 0 Å². The SMILES string of the molecule is CC(O)c1nc2nc(C(F)(F)F)cc([S])n2n1. The highest BCUT2D eigenvalue weighted by molar-refractivity contribution is 7.80. The zero-order chi connectivity index (χ0) is 12.8. The standard InChI is InChI=1S/C8H6F3N4OS/c1-3(16)6-13-7-12-4(8(9,10)11)2-5(17)15(7)14-6/h2-3,16H,1H3. The van der Waals surface area contributed by atoms with Crippen LogP contribution in [0, 0.1) is 0 Å². The molecule has 0 aromatic carbocycles. The minimum absolute atomic E-state index is 0.0251. The number of halogens is 3. The smallest absolute Gasteiger partial charge is 0.385 e. The van der Waals surface area contributed by atoms with Crippen molar-refractivity contribution >= 4 is 18.4 Å². The molecule has 1 unspecified atom stereocenters. The van der Waals surface area contributed by atoms with Crippen molar-refractivity contribution in [2.45, 2.75) is 24.2 Å². The molecular weight excluding hydrogens is 257 g/mol. The maximum atomic E-state index is 12.4. The third-order valence-corrected chi connectivity index (χ3v) is 2.25. The topological polar surface area (TPSA) is 63.3 Å². The van der Waals surface area contributed by atoms with Crippen molar-refractivity contribution in [1.82, 2.24) is 19.6 Å². The Morgan fingerprint density at radius 1 is 1.41 bits per heavy atom. The maximum Gasteiger partial charge on any atom is 0.433 e. The maximum absolute atomic E-state index is 12.4. The Balaban J connectivity index is 2.65. The van der Waals surface area contributed by atoms with Gasteiger partial charge in [0.05, 0.1) is 0 Å². The molecule has 1 atom stereocenters. The number of hydrogen-bond donors (Lipinski definition) is 1. The first-order valence-electron chi connectivity index (χ1n) is 4.49. The molecule has 0 aliphatic heterocycles. The molecule has 1 N–H and O–H groups in total. The van der Waals surface area contributed by atoms with Crippen LogP contribution in [-0.4, -0.2) is 24.7 Å². The van der Waals surface area contributed by atoms with E-state index in [-0.39, 0.29) is 16.6 Å². The fourth-order valence-electron chi connectivity index (χ4n) is 1.18. The van der Waals surface area contributed by atoms with E-state index in [9.17, 15) is 18.3 Å². The van der Waals surface area contributed by atoms with Gasteiger partial charge in [0.25, 0.3) is 5.78 Å². The van der Waals surface area contributed by atoms with E-state index >= 15 is 0 Å². The summed E-state index contributed by atoms with van der Waals surface area (Å²) in [6.07, 6.45) is -5.59. The second kappa shape index (κ2) is 3.77. The minimum atomic E-state index is -4.59. The molecule has 2 aromatic rings. The molecule has 0 spiro atoms. The Morgan fingerprint density at radius 3 is 2.59 bits per heavy atom. The van der Waals surface area contributed by atoms with Gasteiger partial charge in [-0.25, -0.2) is 4.98 Å². The Labute approximate surface area is 98.7 Å². The lowest BCUT2D eigenvalue weighted by atomic mass is 10.4. The summed E-state index contributed by atoms with van der Waals surface area (Å²) >= 11 is 4.75. The van der Waals surface area contributed by atoms with E-state index in [0.717, 1.165) is 4.52 Å². The lowest BCUT2D eigenvalue weighted by molar-refractivity contribution is -0.141. The first-order valence-corrected chi connectivity index (χ1v) is 4.90. The molecule has 1 radical (unpaired) electrons. The van der Waals surface area contributed by atoms with Crippen LogP contribution < -0.4 is 0 Å². The predicted molar refractivity (Wildman–Crippen MR) is 52.3 cm³/mol. The number of hydrogen-bond acceptors (Lipinski definition) is 4. The zero-order valence-electron chi connectivity index (χ0n) is 8.43. The fourth-order valence-corrected chi connectivity index (χ4v) is 1.41. The molecule has 2 heterocycles. The highest BCUT2D eigenvalue weighted by Gasteiger charge is 2.34. The third-order valence-electron chi connectivity index (χ3n) is 1.96. The van der Waals surface area contributed by atoms with Crippen LogP contribution in [0.4, 0.5) is 13.2 Å². The predicted octanol–water partition coefficient (Wildman–Crippen LogP) is 1.75. The molecule has 91 valence electrons. The van der Waals surface area contributed by atoms with E-state index in [1.807, 2.05) is 0 Å². The van der Waals surface area contributed by atoms with E-state index in [1.165, 1.54) is 6.92 Å². The molecule has 0 amide bonds. The Kier molecular flexibility index (Phi) is 2.66. The number of aromatic nitrogens is 4. The number of fused-ring (bicyclic) bond motifs is 1. The van der Waals surface area contributed by atoms with E-state index in [1.54, 1.807) is 0 Å². The summed E-state index contributed by atoms with van der Waals surface area (Å²) in [5.74, 6) is -0.302. The van der Waals surface area contributed by atoms with E-state index in [4.69, 9.17) is 12.6 Å². The number of alkyl halides is 3. The number of rotatable bonds is 1. The van der Waals surface area contributed by atoms with E-state index in [0.29, 0.717) is 6.07 Å². The van der Waals surface area contributed by atoms with E-state index in [2.05, 4.69) is 15.1 Å². The second-order valence-electron chi connectivity index (χ2n) is 3.34. The Morgan fingerprint density at radius 2 is 2.06 bits per heavy atom. The van der Waals surface area contributed by atoms with Gasteiger partial charge in [-0.05, 0) is 6.92 Å². The molecule has 0 bridgehead atoms. The van der Waals surface area contributed by atoms with Crippen LogP contribution >= 0.6 is 12.6 Å². The van der Waals surface area contributed by atoms with Gasteiger partial charge in [-0.15, -0.1) is 5.10 Å². The average Bonchev–Trinajstić information content (AvgIpc) is 2.60. The van der Waals surface area contributed by atoms with Gasteiger partial charge in [0.1, 0.15) is 11.1 Å². The van der Waals surface area contributed by atoms with Crippen LogP contribution in [0.25, 0.3) is 5.78 Å². The van der Waals surface area contributed by atoms with Crippen molar-refractivity contribution in [2.24, 2.45) is 0 Å². The highest BCUT2D eigenvalue weighted by Crippen LogP contribution is 2.29. The summed E-state index contributed by atoms with van der Waals surface area (Å²) in [4.78, 5) is 6.97. The van der Waals surface area contributed by atoms with Gasteiger partial charge < -0.3 is 5.11 Å². The Bertz CT molecular complexity index is 566. The normalized spacial score (nSPS) is 14.2. The monoisotopic (exact) mass is 263 g/mol. The van der Waals surface area contributed by atoms with Crippen molar-refractivity contribution in [3.05, 3.63) is 17.6 Å². The molecular formula is C8H6F3N4OS. The second-order valence-corrected chi connectivity index (χ2v) is 3.75. The van der Waals surface area contributed by atoms with Crippen LogP contribution in [0.3, 0.4) is 0 Å². The molecule has 0 aliphatic carbocycles. The quantitative estimate of drug-likeness (QED) is 0.796. The first-order chi connectivity index (χ1) is 7.79. The molecule has 2 rings (SSSR count). The van der Waals surface area contributed by atoms with Crippen LogP contribution in [0.2, 0.25) is 0 Å². The summed E-state index contributed by atoms with van der Waals surface area (Å²) in [5, 5.41) is 12.8. The highest BCUT2D eigenvalue weighted by atomic mass is 32.1. The number of nitrogens with zero attached hydrogens (tertiary/aromatic N) is 4. The van der Waals surface area contributed by atoms with Crippen molar-refractivity contribution in [1.29, 1.82) is 0 Å². The van der Waals surface area contributed by atoms with Crippen LogP contribution in [-0.2, 0) is 6.18 Å². The summed E-state index contributed by atoms with van der Waals surface area (Å²) in [6, 6.07) is 0.697. The van der Waals surface area contributed by atoms with Crippen molar-refractivity contribution in [2.75, 3.05) is 0 Å². The van der Waals surface area contributed by atoms with Crippen molar-refractivity contribution < 1.29 is 18.3 Å². The van der Waals surface area contributed by atoms with Crippen molar-refractivity contribution in [3.8, 4) is 0 Å². The molecule has 0 aliphatic rings. The largest absolute Gasteiger partial charge is 0.433 e. The minimum Gasteiger partial charge on any atom is -0.385 e. The van der Waals surface area contributed by atoms with Crippen molar-refractivity contribution in [3.63, 3.8) is 0 Å². The van der Waals surface area contributed by atoms with Gasteiger partial charge in [0.15, 0.2) is 11.5 Å². The fraction of sp³-hybridized carbons (Fsp3) is 0.375. The third kappa shape index (κ3) is 2.15. The molecule has 2 aromatic heterocycles. The first kappa shape index (κ1) is 12.0. The van der Waals surface area contributed by atoms with Gasteiger partial charge in [-0.2, -0.15) is 22.7 Å². The van der Waals surface area contributed by atoms with Crippen LogP contribution in [0.15, 0.2) is 11.1 Å². The summed E-state index contributed by atoms with van der Waals surface area (Å²) < 4.78 is 38.3. The van der Waals surface area contributed by atoms with Gasteiger partial charge >= 0.3 is 6.18 Å². The van der Waals surface area contributed by atoms with Crippen LogP contribution in [0.1, 0.15) is 24.5 Å². The number of aliphatic hydroxyl groups is 1. The van der Waals surface area contributed by atoms with Gasteiger partial charge in [0, 0.05) is 6.07 Å². The molecule has 5 nitrogen and oxygen atoms in total. The summed E-state index contributed by atoms with van der Waals surface area (Å²) in [6.45, 7) is 1.39. The van der Waals surface area contributed by atoms with E-state index < -0.39 is 18.0 Å². The summed E-state index contributed by atoms with van der Waals surface area (Å²) in [5.41, 5.74) is -1.13.